The van der Waals surface area contributed by atoms with Gasteiger partial charge in [-0.2, -0.15) is 0 Å². The number of thiocarbonyl (C=S) groups is 1. The Bertz CT molecular complexity index is 1520. The summed E-state index contributed by atoms with van der Waals surface area (Å²) in [5, 5.41) is 6.71. The molecular weight excluding hydrogens is 462 g/mol. The number of aromatic nitrogens is 2. The molecule has 0 radical (unpaired) electrons. The molecule has 36 heavy (non-hydrogen) atoms. The highest BCUT2D eigenvalue weighted by molar-refractivity contribution is 7.80. The van der Waals surface area contributed by atoms with Crippen LogP contribution in [-0.2, 0) is 0 Å². The number of anilines is 2. The molecule has 2 atom stereocenters. The normalized spacial score (nSPS) is 17.4. The van der Waals surface area contributed by atoms with E-state index in [9.17, 15) is 0 Å². The van der Waals surface area contributed by atoms with Gasteiger partial charge in [0, 0.05) is 49.2 Å². The van der Waals surface area contributed by atoms with Crippen molar-refractivity contribution in [2.75, 3.05) is 23.9 Å². The zero-order valence-electron chi connectivity index (χ0n) is 20.2. The van der Waals surface area contributed by atoms with Gasteiger partial charge < -0.3 is 19.7 Å². The predicted molar refractivity (Wildman–Crippen MR) is 152 cm³/mol. The average molecular weight is 490 g/mol. The Kier molecular flexibility index (Phi) is 5.66. The minimum absolute atomic E-state index is 0.0842. The molecule has 5 aromatic rings. The molecule has 0 bridgehead atoms. The Morgan fingerprint density at radius 3 is 2.31 bits per heavy atom. The summed E-state index contributed by atoms with van der Waals surface area (Å²) >= 11 is 5.93. The molecule has 178 valence electrons. The highest BCUT2D eigenvalue weighted by Crippen LogP contribution is 2.42. The molecule has 0 spiro atoms. The van der Waals surface area contributed by atoms with E-state index in [1.54, 1.807) is 0 Å². The van der Waals surface area contributed by atoms with E-state index >= 15 is 0 Å². The molecule has 0 aliphatic carbocycles. The van der Waals surface area contributed by atoms with Crippen molar-refractivity contribution in [2.45, 2.75) is 12.1 Å². The molecule has 1 aliphatic heterocycles. The Balaban J connectivity index is 1.49. The molecule has 0 amide bonds. The predicted octanol–water partition coefficient (Wildman–Crippen LogP) is 6.27. The first-order valence-corrected chi connectivity index (χ1v) is 12.5. The van der Waals surface area contributed by atoms with E-state index in [2.05, 4.69) is 111 Å². The van der Waals surface area contributed by atoms with E-state index in [-0.39, 0.29) is 12.1 Å². The summed E-state index contributed by atoms with van der Waals surface area (Å²) in [7, 11) is 4.10. The zero-order chi connectivity index (χ0) is 24.6. The van der Waals surface area contributed by atoms with E-state index in [4.69, 9.17) is 17.2 Å². The third kappa shape index (κ3) is 3.89. The molecule has 2 aromatic heterocycles. The number of hydrogen-bond donors (Lipinski definition) is 1. The highest BCUT2D eigenvalue weighted by atomic mass is 32.1. The summed E-state index contributed by atoms with van der Waals surface area (Å²) < 4.78 is 2.27. The second kappa shape index (κ2) is 9.13. The highest BCUT2D eigenvalue weighted by Gasteiger charge is 2.42. The average Bonchev–Trinajstić information content (AvgIpc) is 3.53. The van der Waals surface area contributed by atoms with Gasteiger partial charge in [-0.15, -0.1) is 0 Å². The van der Waals surface area contributed by atoms with Crippen LogP contribution in [0.2, 0.25) is 0 Å². The molecule has 1 fully saturated rings. The van der Waals surface area contributed by atoms with E-state index in [1.807, 2.05) is 32.4 Å². The lowest BCUT2D eigenvalue weighted by Gasteiger charge is -2.29. The van der Waals surface area contributed by atoms with E-state index in [1.165, 1.54) is 10.8 Å². The number of pyridine rings is 1. The van der Waals surface area contributed by atoms with Crippen molar-refractivity contribution in [3.05, 3.63) is 121 Å². The van der Waals surface area contributed by atoms with Crippen LogP contribution in [0.4, 0.5) is 11.4 Å². The van der Waals surface area contributed by atoms with Crippen molar-refractivity contribution >= 4 is 39.5 Å². The summed E-state index contributed by atoms with van der Waals surface area (Å²) in [6, 6.07) is 33.7. The minimum atomic E-state index is -0.0960. The van der Waals surface area contributed by atoms with Crippen molar-refractivity contribution in [1.29, 1.82) is 0 Å². The summed E-state index contributed by atoms with van der Waals surface area (Å²) in [6.45, 7) is 0. The molecule has 5 nitrogen and oxygen atoms in total. The van der Waals surface area contributed by atoms with Crippen LogP contribution in [0, 0.1) is 0 Å². The first-order valence-electron chi connectivity index (χ1n) is 12.0. The molecule has 1 saturated heterocycles. The van der Waals surface area contributed by atoms with E-state index in [0.717, 1.165) is 28.5 Å². The lowest BCUT2D eigenvalue weighted by molar-refractivity contribution is 0.549. The topological polar surface area (TPSA) is 36.3 Å². The first-order chi connectivity index (χ1) is 17.6. The van der Waals surface area contributed by atoms with Crippen molar-refractivity contribution in [3.63, 3.8) is 0 Å². The van der Waals surface area contributed by atoms with Crippen LogP contribution in [0.1, 0.15) is 23.5 Å². The second-order valence-electron chi connectivity index (χ2n) is 9.24. The molecule has 1 N–H and O–H groups in total. The maximum Gasteiger partial charge on any atom is 0.174 e. The quantitative estimate of drug-likeness (QED) is 0.295. The Morgan fingerprint density at radius 1 is 0.806 bits per heavy atom. The van der Waals surface area contributed by atoms with E-state index in [0.29, 0.717) is 5.11 Å². The zero-order valence-corrected chi connectivity index (χ0v) is 21.1. The summed E-state index contributed by atoms with van der Waals surface area (Å²) in [5.74, 6) is 0. The fraction of sp³-hybridized carbons (Fsp3) is 0.133. The summed E-state index contributed by atoms with van der Waals surface area (Å²) in [5.41, 5.74) is 5.42. The SMILES string of the molecule is CN(C)c1ccc(N2C(=S)N[C@H](c3ccccn3)[C@@H]2c2cccn2-c2ccc3ccccc3c2)cc1. The molecule has 0 saturated carbocycles. The van der Waals surface area contributed by atoms with E-state index < -0.39 is 0 Å². The van der Waals surface area contributed by atoms with Crippen LogP contribution in [0.3, 0.4) is 0 Å². The number of nitrogens with one attached hydrogen (secondary N) is 1. The first kappa shape index (κ1) is 22.3. The monoisotopic (exact) mass is 489 g/mol. The Labute approximate surface area is 216 Å². The Hall–Kier alpha value is -4.16. The summed E-state index contributed by atoms with van der Waals surface area (Å²) in [6.07, 6.45) is 3.97. The molecule has 0 unspecified atom stereocenters. The number of benzene rings is 3. The van der Waals surface area contributed by atoms with Gasteiger partial charge in [0.15, 0.2) is 5.11 Å². The molecule has 3 heterocycles. The standard InChI is InChI=1S/C30H27N5S/c1-33(2)23-14-16-24(17-15-23)35-29(28(32-30(35)36)26-10-5-6-18-31-26)27-11-7-19-34(27)25-13-12-21-8-3-4-9-22(21)20-25/h3-20,28-29H,1-2H3,(H,32,36)/t28-,29+/m1/s1. The van der Waals surface area contributed by atoms with Gasteiger partial charge in [0.2, 0.25) is 0 Å². The van der Waals surface area contributed by atoms with Crippen molar-refractivity contribution < 1.29 is 0 Å². The number of rotatable bonds is 5. The lowest BCUT2D eigenvalue weighted by Crippen LogP contribution is -2.30. The van der Waals surface area contributed by atoms with Crippen LogP contribution in [0.5, 0.6) is 0 Å². The smallest absolute Gasteiger partial charge is 0.174 e. The Morgan fingerprint density at radius 2 is 1.56 bits per heavy atom. The van der Waals surface area contributed by atoms with Crippen LogP contribution in [0.25, 0.3) is 16.5 Å². The van der Waals surface area contributed by atoms with Crippen LogP contribution in [0.15, 0.2) is 109 Å². The van der Waals surface area contributed by atoms with Crippen LogP contribution < -0.4 is 15.1 Å². The molecule has 6 heteroatoms. The summed E-state index contributed by atoms with van der Waals surface area (Å²) in [4.78, 5) is 9.02. The van der Waals surface area contributed by atoms with Crippen LogP contribution >= 0.6 is 12.2 Å². The van der Waals surface area contributed by atoms with Crippen molar-refractivity contribution in [3.8, 4) is 5.69 Å². The van der Waals surface area contributed by atoms with Crippen molar-refractivity contribution in [1.82, 2.24) is 14.9 Å². The largest absolute Gasteiger partial charge is 0.378 e. The number of hydrogen-bond acceptors (Lipinski definition) is 3. The fourth-order valence-corrected chi connectivity index (χ4v) is 5.39. The van der Waals surface area contributed by atoms with Gasteiger partial charge in [0.25, 0.3) is 0 Å². The van der Waals surface area contributed by atoms with Crippen LogP contribution in [-0.4, -0.2) is 28.8 Å². The third-order valence-electron chi connectivity index (χ3n) is 6.84. The second-order valence-corrected chi connectivity index (χ2v) is 9.63. The van der Waals surface area contributed by atoms with Gasteiger partial charge in [-0.1, -0.05) is 36.4 Å². The van der Waals surface area contributed by atoms with Gasteiger partial charge in [-0.05, 0) is 83.7 Å². The van der Waals surface area contributed by atoms with Gasteiger partial charge in [0.05, 0.1) is 11.7 Å². The minimum Gasteiger partial charge on any atom is -0.378 e. The fourth-order valence-electron chi connectivity index (χ4n) is 5.04. The van der Waals surface area contributed by atoms with Crippen molar-refractivity contribution in [2.24, 2.45) is 0 Å². The maximum absolute atomic E-state index is 5.93. The molecule has 6 rings (SSSR count). The lowest BCUT2D eigenvalue weighted by atomic mass is 10.0. The number of nitrogens with zero attached hydrogens (tertiary/aromatic N) is 4. The molecule has 3 aromatic carbocycles. The molecular formula is C30H27N5S. The third-order valence-corrected chi connectivity index (χ3v) is 7.15. The maximum atomic E-state index is 5.93. The van der Waals surface area contributed by atoms with Gasteiger partial charge >= 0.3 is 0 Å². The number of fused-ring (bicyclic) bond motifs is 1. The van der Waals surface area contributed by atoms with Gasteiger partial charge in [-0.3, -0.25) is 4.98 Å². The van der Waals surface area contributed by atoms with Gasteiger partial charge in [0.1, 0.15) is 6.04 Å². The molecule has 1 aliphatic rings. The van der Waals surface area contributed by atoms with Gasteiger partial charge in [-0.25, -0.2) is 0 Å².